The van der Waals surface area contributed by atoms with Gasteiger partial charge in [-0.3, -0.25) is 4.79 Å². The highest BCUT2D eigenvalue weighted by atomic mass is 35.5. The minimum atomic E-state index is -0.413. The van der Waals surface area contributed by atoms with E-state index in [4.69, 9.17) is 33.7 Å². The zero-order valence-electron chi connectivity index (χ0n) is 20.3. The Kier molecular flexibility index (Phi) is 7.84. The van der Waals surface area contributed by atoms with Crippen LogP contribution >= 0.6 is 23.2 Å². The molecule has 0 spiro atoms. The fourth-order valence-electron chi connectivity index (χ4n) is 4.56. The van der Waals surface area contributed by atoms with Crippen molar-refractivity contribution in [3.63, 3.8) is 0 Å². The first-order chi connectivity index (χ1) is 17.2. The molecule has 0 amide bonds. The number of pyridine rings is 1. The number of hydrogen-bond donors (Lipinski definition) is 1. The molecule has 0 saturated heterocycles. The molecule has 0 aliphatic heterocycles. The monoisotopic (exact) mass is 524 g/mol. The summed E-state index contributed by atoms with van der Waals surface area (Å²) in [4.78, 5) is 14.0. The summed E-state index contributed by atoms with van der Waals surface area (Å²) in [5.74, 6) is 0.0447. The average molecular weight is 525 g/mol. The predicted octanol–water partition coefficient (Wildman–Crippen LogP) is 6.88. The van der Waals surface area contributed by atoms with Crippen LogP contribution < -0.4 is 15.9 Å². The number of nitrogens with two attached hydrogens (primary N) is 1. The van der Waals surface area contributed by atoms with Crippen LogP contribution in [0.2, 0.25) is 10.0 Å². The van der Waals surface area contributed by atoms with Gasteiger partial charge in [0.1, 0.15) is 11.6 Å². The number of benzene rings is 3. The molecule has 0 aliphatic carbocycles. The van der Waals surface area contributed by atoms with Crippen molar-refractivity contribution in [3.05, 3.63) is 121 Å². The summed E-state index contributed by atoms with van der Waals surface area (Å²) in [6.07, 6.45) is 0.300. The van der Waals surface area contributed by atoms with E-state index in [2.05, 4.69) is 0 Å². The number of methoxy groups -OCH3 is 1. The lowest BCUT2D eigenvalue weighted by atomic mass is 9.93. The number of hydrogen-bond acceptors (Lipinski definition) is 3. The zero-order valence-corrected chi connectivity index (χ0v) is 21.8. The molecule has 1 aromatic heterocycles. The Morgan fingerprint density at radius 3 is 2.31 bits per heavy atom. The van der Waals surface area contributed by atoms with E-state index in [9.17, 15) is 9.18 Å². The molecular formula is C29H27Cl2FN2O2. The third-order valence-corrected chi connectivity index (χ3v) is 7.34. The lowest BCUT2D eigenvalue weighted by Gasteiger charge is -2.24. The van der Waals surface area contributed by atoms with Gasteiger partial charge in [0.05, 0.1) is 24.2 Å². The highest BCUT2D eigenvalue weighted by Crippen LogP contribution is 2.36. The number of aromatic nitrogens is 1. The zero-order chi connectivity index (χ0) is 26.0. The Bertz CT molecular complexity index is 1450. The van der Waals surface area contributed by atoms with E-state index in [0.29, 0.717) is 55.9 Å². The first-order valence-corrected chi connectivity index (χ1v) is 12.3. The van der Waals surface area contributed by atoms with Gasteiger partial charge in [-0.05, 0) is 44.0 Å². The standard InChI is InChI=1S/C29H27Cl2FN2O2/c1-17-21(15-25(33)19-9-5-4-6-10-19)29(35)27(20-11-7-14-26(36-3)28(20)31)18(2)34(17)16-22-23(30)12-8-13-24(22)32/h4-14,25H,15-16,33H2,1-3H3. The molecule has 186 valence electrons. The Labute approximate surface area is 220 Å². The molecule has 1 atom stereocenters. The maximum Gasteiger partial charge on any atom is 0.193 e. The van der Waals surface area contributed by atoms with Gasteiger partial charge >= 0.3 is 0 Å². The third kappa shape index (κ3) is 4.92. The second-order valence-corrected chi connectivity index (χ2v) is 9.47. The van der Waals surface area contributed by atoms with E-state index >= 15 is 0 Å². The number of nitrogens with zero attached hydrogens (tertiary/aromatic N) is 1. The summed E-state index contributed by atoms with van der Waals surface area (Å²) in [5, 5.41) is 0.647. The highest BCUT2D eigenvalue weighted by molar-refractivity contribution is 6.34. The summed E-state index contributed by atoms with van der Waals surface area (Å²) in [5.41, 5.74) is 10.5. The van der Waals surface area contributed by atoms with Crippen LogP contribution in [0.1, 0.15) is 34.1 Å². The van der Waals surface area contributed by atoms with Crippen molar-refractivity contribution in [1.82, 2.24) is 4.57 Å². The van der Waals surface area contributed by atoms with Crippen LogP contribution in [0.3, 0.4) is 0 Å². The van der Waals surface area contributed by atoms with Gasteiger partial charge in [-0.2, -0.15) is 0 Å². The average Bonchev–Trinajstić information content (AvgIpc) is 2.87. The van der Waals surface area contributed by atoms with Crippen LogP contribution in [0.4, 0.5) is 4.39 Å². The molecular weight excluding hydrogens is 498 g/mol. The topological polar surface area (TPSA) is 57.2 Å². The largest absolute Gasteiger partial charge is 0.495 e. The van der Waals surface area contributed by atoms with Crippen molar-refractivity contribution in [2.75, 3.05) is 7.11 Å². The summed E-state index contributed by atoms with van der Waals surface area (Å²) in [7, 11) is 1.52. The number of ether oxygens (including phenoxy) is 1. The van der Waals surface area contributed by atoms with Gasteiger partial charge in [0.2, 0.25) is 0 Å². The summed E-state index contributed by atoms with van der Waals surface area (Å²) in [6, 6.07) is 19.1. The molecule has 3 aromatic carbocycles. The molecule has 0 radical (unpaired) electrons. The number of halogens is 3. The molecule has 0 bridgehead atoms. The van der Waals surface area contributed by atoms with E-state index in [1.807, 2.05) is 48.7 Å². The summed E-state index contributed by atoms with van der Waals surface area (Å²) in [6.45, 7) is 3.83. The molecule has 0 fully saturated rings. The molecule has 4 nitrogen and oxygen atoms in total. The van der Waals surface area contributed by atoms with Gasteiger partial charge in [-0.1, -0.05) is 71.7 Å². The van der Waals surface area contributed by atoms with Gasteiger partial charge in [0, 0.05) is 39.1 Å². The normalized spacial score (nSPS) is 12.0. The van der Waals surface area contributed by atoms with Crippen LogP contribution in [-0.4, -0.2) is 11.7 Å². The Morgan fingerprint density at radius 2 is 1.64 bits per heavy atom. The van der Waals surface area contributed by atoms with E-state index < -0.39 is 11.9 Å². The van der Waals surface area contributed by atoms with Gasteiger partial charge in [-0.25, -0.2) is 4.39 Å². The van der Waals surface area contributed by atoms with Crippen molar-refractivity contribution in [2.45, 2.75) is 32.9 Å². The van der Waals surface area contributed by atoms with E-state index in [1.54, 1.807) is 30.3 Å². The van der Waals surface area contributed by atoms with Crippen LogP contribution in [0.15, 0.2) is 71.5 Å². The van der Waals surface area contributed by atoms with Gasteiger partial charge in [0.15, 0.2) is 5.43 Å². The van der Waals surface area contributed by atoms with Crippen molar-refractivity contribution >= 4 is 23.2 Å². The van der Waals surface area contributed by atoms with Gasteiger partial charge in [0.25, 0.3) is 0 Å². The third-order valence-electron chi connectivity index (χ3n) is 6.59. The Balaban J connectivity index is 1.96. The van der Waals surface area contributed by atoms with Crippen molar-refractivity contribution in [1.29, 1.82) is 0 Å². The lowest BCUT2D eigenvalue weighted by Crippen LogP contribution is -2.27. The fraction of sp³-hybridized carbons (Fsp3) is 0.207. The van der Waals surface area contributed by atoms with Crippen LogP contribution in [0, 0.1) is 19.7 Å². The van der Waals surface area contributed by atoms with Crippen molar-refractivity contribution in [2.24, 2.45) is 5.73 Å². The molecule has 1 unspecified atom stereocenters. The quantitative estimate of drug-likeness (QED) is 0.286. The molecule has 36 heavy (non-hydrogen) atoms. The maximum absolute atomic E-state index is 14.8. The van der Waals surface area contributed by atoms with E-state index in [-0.39, 0.29) is 12.0 Å². The number of rotatable bonds is 7. The van der Waals surface area contributed by atoms with E-state index in [1.165, 1.54) is 13.2 Å². The fourth-order valence-corrected chi connectivity index (χ4v) is 5.09. The maximum atomic E-state index is 14.8. The molecule has 4 rings (SSSR count). The Morgan fingerprint density at radius 1 is 0.944 bits per heavy atom. The summed E-state index contributed by atoms with van der Waals surface area (Å²) < 4.78 is 22.1. The molecule has 1 heterocycles. The molecule has 0 aliphatic rings. The molecule has 7 heteroatoms. The lowest BCUT2D eigenvalue weighted by molar-refractivity contribution is 0.415. The molecule has 4 aromatic rings. The van der Waals surface area contributed by atoms with Crippen LogP contribution in [0.5, 0.6) is 5.75 Å². The smallest absolute Gasteiger partial charge is 0.193 e. The second-order valence-electron chi connectivity index (χ2n) is 8.68. The van der Waals surface area contributed by atoms with Gasteiger partial charge in [-0.15, -0.1) is 0 Å². The summed E-state index contributed by atoms with van der Waals surface area (Å²) >= 11 is 13.0. The second kappa shape index (κ2) is 10.9. The van der Waals surface area contributed by atoms with Crippen molar-refractivity contribution in [3.8, 4) is 16.9 Å². The highest BCUT2D eigenvalue weighted by Gasteiger charge is 2.24. The first-order valence-electron chi connectivity index (χ1n) is 11.5. The van der Waals surface area contributed by atoms with Gasteiger partial charge < -0.3 is 15.0 Å². The first kappa shape index (κ1) is 26.0. The predicted molar refractivity (Wildman–Crippen MR) is 145 cm³/mol. The van der Waals surface area contributed by atoms with Crippen molar-refractivity contribution < 1.29 is 9.13 Å². The molecule has 2 N–H and O–H groups in total. The minimum absolute atomic E-state index is 0.144. The minimum Gasteiger partial charge on any atom is -0.495 e. The SMILES string of the molecule is COc1cccc(-c2c(C)n(Cc3c(F)cccc3Cl)c(C)c(CC(N)c3ccccc3)c2=O)c1Cl. The Hall–Kier alpha value is -3.12. The molecule has 0 saturated carbocycles. The van der Waals surface area contributed by atoms with Crippen LogP contribution in [-0.2, 0) is 13.0 Å². The van der Waals surface area contributed by atoms with Crippen LogP contribution in [0.25, 0.3) is 11.1 Å². The van der Waals surface area contributed by atoms with E-state index in [0.717, 1.165) is 5.56 Å².